The molecule has 0 aliphatic rings. The quantitative estimate of drug-likeness (QED) is 0.883. The third-order valence-electron chi connectivity index (χ3n) is 2.68. The summed E-state index contributed by atoms with van der Waals surface area (Å²) in [4.78, 5) is 0. The molecule has 1 atom stereocenters. The maximum atomic E-state index is 12.2. The Labute approximate surface area is 105 Å². The molecular weight excluding hydrogens is 243 g/mol. The molecule has 5 heteroatoms. The van der Waals surface area contributed by atoms with Gasteiger partial charge in [-0.25, -0.2) is 0 Å². The molecule has 0 amide bonds. The summed E-state index contributed by atoms with van der Waals surface area (Å²) in [5.74, 6) is 0.304. The van der Waals surface area contributed by atoms with Gasteiger partial charge in [-0.2, -0.15) is 13.2 Å². The summed E-state index contributed by atoms with van der Waals surface area (Å²) in [5.41, 5.74) is 7.25. The van der Waals surface area contributed by atoms with Crippen LogP contribution in [-0.2, 0) is 6.42 Å². The van der Waals surface area contributed by atoms with Crippen LogP contribution in [-0.4, -0.2) is 18.8 Å². The van der Waals surface area contributed by atoms with Crippen molar-refractivity contribution in [1.29, 1.82) is 0 Å². The van der Waals surface area contributed by atoms with Gasteiger partial charge in [-0.3, -0.25) is 0 Å². The van der Waals surface area contributed by atoms with Gasteiger partial charge in [0.05, 0.1) is 0 Å². The summed E-state index contributed by atoms with van der Waals surface area (Å²) in [6, 6.07) is 5.22. The number of halogens is 3. The van der Waals surface area contributed by atoms with Crippen molar-refractivity contribution in [3.05, 3.63) is 29.3 Å². The zero-order valence-corrected chi connectivity index (χ0v) is 10.6. The summed E-state index contributed by atoms with van der Waals surface area (Å²) in [6.07, 6.45) is -3.04. The Morgan fingerprint density at radius 3 is 2.56 bits per heavy atom. The molecule has 1 unspecified atom stereocenters. The second kappa shape index (κ2) is 6.09. The van der Waals surface area contributed by atoms with E-state index < -0.39 is 12.8 Å². The van der Waals surface area contributed by atoms with E-state index >= 15 is 0 Å². The highest BCUT2D eigenvalue weighted by atomic mass is 19.4. The maximum Gasteiger partial charge on any atom is 0.422 e. The van der Waals surface area contributed by atoms with Crippen molar-refractivity contribution in [2.45, 2.75) is 38.9 Å². The van der Waals surface area contributed by atoms with E-state index in [0.29, 0.717) is 17.7 Å². The second-order valence-electron chi connectivity index (χ2n) is 4.34. The van der Waals surface area contributed by atoms with Gasteiger partial charge in [0.2, 0.25) is 0 Å². The van der Waals surface area contributed by atoms with Crippen molar-refractivity contribution >= 4 is 0 Å². The number of para-hydroxylation sites is 1. The van der Waals surface area contributed by atoms with E-state index in [-0.39, 0.29) is 6.04 Å². The van der Waals surface area contributed by atoms with E-state index in [1.165, 1.54) is 0 Å². The standard InChI is InChI=1S/C13H18F3NO/c1-3-11(17)7-10-6-4-5-9(2)12(10)18-8-13(14,15)16/h4-6,11H,3,7-8,17H2,1-2H3. The summed E-state index contributed by atoms with van der Waals surface area (Å²) >= 11 is 0. The molecule has 1 aromatic carbocycles. The number of hydrogen-bond acceptors (Lipinski definition) is 2. The average molecular weight is 261 g/mol. The number of aryl methyl sites for hydroxylation is 1. The number of ether oxygens (including phenoxy) is 1. The Kier molecular flexibility index (Phi) is 5.02. The monoisotopic (exact) mass is 261 g/mol. The molecule has 0 radical (unpaired) electrons. The second-order valence-corrected chi connectivity index (χ2v) is 4.34. The largest absolute Gasteiger partial charge is 0.484 e. The first-order chi connectivity index (χ1) is 8.33. The van der Waals surface area contributed by atoms with Crippen LogP contribution in [0.4, 0.5) is 13.2 Å². The van der Waals surface area contributed by atoms with Crippen molar-refractivity contribution in [1.82, 2.24) is 0 Å². The van der Waals surface area contributed by atoms with Crippen molar-refractivity contribution in [3.8, 4) is 5.75 Å². The third-order valence-corrected chi connectivity index (χ3v) is 2.68. The Morgan fingerprint density at radius 1 is 1.33 bits per heavy atom. The van der Waals surface area contributed by atoms with Gasteiger partial charge in [0.25, 0.3) is 0 Å². The van der Waals surface area contributed by atoms with Crippen molar-refractivity contribution in [2.75, 3.05) is 6.61 Å². The Morgan fingerprint density at radius 2 is 2.00 bits per heavy atom. The Balaban J connectivity index is 2.87. The predicted molar refractivity (Wildman–Crippen MR) is 64.7 cm³/mol. The molecule has 0 saturated heterocycles. The van der Waals surface area contributed by atoms with Gasteiger partial charge in [0.15, 0.2) is 6.61 Å². The van der Waals surface area contributed by atoms with Gasteiger partial charge in [0, 0.05) is 6.04 Å². The number of nitrogens with two attached hydrogens (primary N) is 1. The average Bonchev–Trinajstić information content (AvgIpc) is 2.26. The lowest BCUT2D eigenvalue weighted by molar-refractivity contribution is -0.153. The highest BCUT2D eigenvalue weighted by Gasteiger charge is 2.29. The van der Waals surface area contributed by atoms with Gasteiger partial charge in [-0.1, -0.05) is 25.1 Å². The fourth-order valence-corrected chi connectivity index (χ4v) is 1.66. The fourth-order valence-electron chi connectivity index (χ4n) is 1.66. The first-order valence-electron chi connectivity index (χ1n) is 5.87. The van der Waals surface area contributed by atoms with E-state index in [2.05, 4.69) is 0 Å². The molecule has 18 heavy (non-hydrogen) atoms. The van der Waals surface area contributed by atoms with E-state index in [0.717, 1.165) is 12.0 Å². The molecule has 0 aliphatic heterocycles. The molecule has 0 fully saturated rings. The highest BCUT2D eigenvalue weighted by Crippen LogP contribution is 2.27. The summed E-state index contributed by atoms with van der Waals surface area (Å²) in [5, 5.41) is 0. The Bertz CT molecular complexity index is 390. The van der Waals surface area contributed by atoms with Crippen molar-refractivity contribution < 1.29 is 17.9 Å². The molecule has 102 valence electrons. The van der Waals surface area contributed by atoms with Crippen LogP contribution in [0.3, 0.4) is 0 Å². The topological polar surface area (TPSA) is 35.2 Å². The zero-order valence-electron chi connectivity index (χ0n) is 10.6. The van der Waals surface area contributed by atoms with Crippen LogP contribution in [0.25, 0.3) is 0 Å². The summed E-state index contributed by atoms with van der Waals surface area (Å²) in [6.45, 7) is 2.40. The van der Waals surface area contributed by atoms with E-state index in [9.17, 15) is 13.2 Å². The molecule has 0 aliphatic carbocycles. The SMILES string of the molecule is CCC(N)Cc1cccc(C)c1OCC(F)(F)F. The molecule has 2 N–H and O–H groups in total. The minimum absolute atomic E-state index is 0.0694. The van der Waals surface area contributed by atoms with Gasteiger partial charge in [0.1, 0.15) is 5.75 Å². The van der Waals surface area contributed by atoms with Gasteiger partial charge in [-0.15, -0.1) is 0 Å². The van der Waals surface area contributed by atoms with E-state index in [1.54, 1.807) is 25.1 Å². The van der Waals surface area contributed by atoms with Crippen LogP contribution >= 0.6 is 0 Å². The normalized spacial score (nSPS) is 13.4. The maximum absolute atomic E-state index is 12.2. The van der Waals surface area contributed by atoms with Gasteiger partial charge >= 0.3 is 6.18 Å². The molecule has 1 aromatic rings. The van der Waals surface area contributed by atoms with Gasteiger partial charge < -0.3 is 10.5 Å². The van der Waals surface area contributed by atoms with Crippen LogP contribution in [0, 0.1) is 6.92 Å². The Hall–Kier alpha value is -1.23. The molecule has 0 heterocycles. The molecule has 1 rings (SSSR count). The number of benzene rings is 1. The molecular formula is C13H18F3NO. The minimum Gasteiger partial charge on any atom is -0.484 e. The number of rotatable bonds is 5. The molecule has 2 nitrogen and oxygen atoms in total. The molecule has 0 aromatic heterocycles. The minimum atomic E-state index is -4.33. The predicted octanol–water partition coefficient (Wildman–Crippen LogP) is 3.22. The highest BCUT2D eigenvalue weighted by molar-refractivity contribution is 5.41. The van der Waals surface area contributed by atoms with Crippen molar-refractivity contribution in [3.63, 3.8) is 0 Å². The summed E-state index contributed by atoms with van der Waals surface area (Å²) in [7, 11) is 0. The van der Waals surface area contributed by atoms with E-state index in [4.69, 9.17) is 10.5 Å². The lowest BCUT2D eigenvalue weighted by Crippen LogP contribution is -2.23. The van der Waals surface area contributed by atoms with Gasteiger partial charge in [-0.05, 0) is 30.9 Å². The van der Waals surface area contributed by atoms with Crippen LogP contribution in [0.5, 0.6) is 5.75 Å². The van der Waals surface area contributed by atoms with E-state index in [1.807, 2.05) is 6.92 Å². The van der Waals surface area contributed by atoms with Crippen LogP contribution < -0.4 is 10.5 Å². The molecule has 0 spiro atoms. The molecule has 0 saturated carbocycles. The lowest BCUT2D eigenvalue weighted by atomic mass is 10.0. The van der Waals surface area contributed by atoms with Crippen LogP contribution in [0.15, 0.2) is 18.2 Å². The first-order valence-corrected chi connectivity index (χ1v) is 5.87. The lowest BCUT2D eigenvalue weighted by Gasteiger charge is -2.17. The molecule has 0 bridgehead atoms. The fraction of sp³-hybridized carbons (Fsp3) is 0.538. The summed E-state index contributed by atoms with van der Waals surface area (Å²) < 4.78 is 41.4. The van der Waals surface area contributed by atoms with Crippen LogP contribution in [0.2, 0.25) is 0 Å². The number of alkyl halides is 3. The third kappa shape index (κ3) is 4.56. The van der Waals surface area contributed by atoms with Crippen LogP contribution in [0.1, 0.15) is 24.5 Å². The first kappa shape index (κ1) is 14.8. The van der Waals surface area contributed by atoms with Crippen molar-refractivity contribution in [2.24, 2.45) is 5.73 Å². The zero-order chi connectivity index (χ0) is 13.8. The number of hydrogen-bond donors (Lipinski definition) is 1. The smallest absolute Gasteiger partial charge is 0.422 e.